The van der Waals surface area contributed by atoms with Crippen LogP contribution in [0, 0.1) is 6.92 Å². The lowest BCUT2D eigenvalue weighted by molar-refractivity contribution is -0.772. The molecule has 0 fully saturated rings. The Morgan fingerprint density at radius 3 is 2.67 bits per heavy atom. The second-order valence-corrected chi connectivity index (χ2v) is 5.85. The van der Waals surface area contributed by atoms with Gasteiger partial charge in [0.25, 0.3) is 5.03 Å². The Bertz CT molecular complexity index is 605. The third-order valence-corrected chi connectivity index (χ3v) is 4.44. The van der Waals surface area contributed by atoms with Crippen molar-refractivity contribution in [2.24, 2.45) is 7.05 Å². The van der Waals surface area contributed by atoms with Gasteiger partial charge in [0.2, 0.25) is 5.91 Å². The minimum atomic E-state index is -0.524. The van der Waals surface area contributed by atoms with Crippen LogP contribution in [0.25, 0.3) is 0 Å². The molecule has 1 amide bonds. The monoisotopic (exact) mass is 307 g/mol. The van der Waals surface area contributed by atoms with E-state index >= 15 is 0 Å². The molecule has 1 unspecified atom stereocenters. The Hall–Kier alpha value is -2.02. The molecule has 0 aliphatic heterocycles. The normalized spacial score (nSPS) is 12.1. The highest BCUT2D eigenvalue weighted by Gasteiger charge is 2.25. The largest absolute Gasteiger partial charge is 0.538 e. The Balaban J connectivity index is 2.06. The first kappa shape index (κ1) is 15.4. The molecule has 0 aliphatic carbocycles. The molecule has 1 aromatic heterocycles. The van der Waals surface area contributed by atoms with Gasteiger partial charge in [-0.1, -0.05) is 29.3 Å². The number of nitrogens with zero attached hydrogens (tertiary/aromatic N) is 2. The SMILES string of the molecule is CCC(Sc1c([O-])on[n+]1C)C(=O)Nc1ccc(C)cc1. The lowest BCUT2D eigenvalue weighted by atomic mass is 10.2. The van der Waals surface area contributed by atoms with Crippen LogP contribution in [0.1, 0.15) is 18.9 Å². The molecule has 6 nitrogen and oxygen atoms in total. The predicted molar refractivity (Wildman–Crippen MR) is 76.9 cm³/mol. The molecule has 1 N–H and O–H groups in total. The van der Waals surface area contributed by atoms with E-state index in [2.05, 4.69) is 15.1 Å². The lowest BCUT2D eigenvalue weighted by Crippen LogP contribution is -2.34. The van der Waals surface area contributed by atoms with Gasteiger partial charge in [0, 0.05) is 5.69 Å². The van der Waals surface area contributed by atoms with Crippen LogP contribution in [0.3, 0.4) is 0 Å². The van der Waals surface area contributed by atoms with E-state index in [0.717, 1.165) is 23.0 Å². The number of hydrogen-bond donors (Lipinski definition) is 1. The fourth-order valence-corrected chi connectivity index (χ4v) is 2.67. The fraction of sp³-hybridized carbons (Fsp3) is 0.357. The Kier molecular flexibility index (Phi) is 4.85. The number of thioether (sulfide) groups is 1. The van der Waals surface area contributed by atoms with Crippen molar-refractivity contribution in [1.29, 1.82) is 0 Å². The van der Waals surface area contributed by atoms with Gasteiger partial charge in [0.1, 0.15) is 0 Å². The molecule has 2 aromatic rings. The van der Waals surface area contributed by atoms with Crippen LogP contribution >= 0.6 is 11.8 Å². The molecule has 0 saturated heterocycles. The first-order valence-electron chi connectivity index (χ1n) is 6.58. The maximum Gasteiger partial charge on any atom is 0.291 e. The standard InChI is InChI=1S/C14H17N3O3S/c1-4-11(21-13-14(19)20-16-17(13)3)12(18)15-10-7-5-9(2)6-8-10/h5-8,11H,4H2,1-3H3,(H-,15,16,18,19). The lowest BCUT2D eigenvalue weighted by Gasteiger charge is -2.13. The third kappa shape index (κ3) is 3.75. The molecule has 0 bridgehead atoms. The number of aryl methyl sites for hydroxylation is 2. The van der Waals surface area contributed by atoms with Crippen LogP contribution < -0.4 is 15.1 Å². The second-order valence-electron chi connectivity index (χ2n) is 4.66. The maximum atomic E-state index is 12.3. The zero-order chi connectivity index (χ0) is 15.4. The minimum absolute atomic E-state index is 0.146. The van der Waals surface area contributed by atoms with Gasteiger partial charge in [-0.2, -0.15) is 0 Å². The Morgan fingerprint density at radius 1 is 1.48 bits per heavy atom. The van der Waals surface area contributed by atoms with Crippen molar-refractivity contribution < 1.29 is 19.1 Å². The van der Waals surface area contributed by atoms with E-state index in [1.807, 2.05) is 38.1 Å². The first-order chi connectivity index (χ1) is 10.0. The highest BCUT2D eigenvalue weighted by Crippen LogP contribution is 2.28. The Labute approximate surface area is 127 Å². The topological polar surface area (TPSA) is 82.1 Å². The third-order valence-electron chi connectivity index (χ3n) is 2.95. The molecule has 1 heterocycles. The molecular weight excluding hydrogens is 290 g/mol. The van der Waals surface area contributed by atoms with Crippen molar-refractivity contribution in [3.8, 4) is 5.95 Å². The maximum absolute atomic E-state index is 12.3. The summed E-state index contributed by atoms with van der Waals surface area (Å²) in [4.78, 5) is 12.3. The highest BCUT2D eigenvalue weighted by atomic mass is 32.2. The predicted octanol–water partition coefficient (Wildman–Crippen LogP) is 1.39. The number of carbonyl (C=O) groups is 1. The summed E-state index contributed by atoms with van der Waals surface area (Å²) < 4.78 is 5.90. The quantitative estimate of drug-likeness (QED) is 0.667. The van der Waals surface area contributed by atoms with Crippen molar-refractivity contribution in [2.45, 2.75) is 30.5 Å². The molecule has 0 spiro atoms. The minimum Gasteiger partial charge on any atom is -0.538 e. The summed E-state index contributed by atoms with van der Waals surface area (Å²) in [7, 11) is 1.61. The van der Waals surface area contributed by atoms with E-state index in [1.54, 1.807) is 7.05 Å². The van der Waals surface area contributed by atoms with Gasteiger partial charge < -0.3 is 14.9 Å². The van der Waals surface area contributed by atoms with E-state index in [4.69, 9.17) is 0 Å². The number of carbonyl (C=O) groups excluding carboxylic acids is 1. The molecule has 2 rings (SSSR count). The number of aromatic nitrogens is 2. The van der Waals surface area contributed by atoms with Crippen LogP contribution in [-0.4, -0.2) is 16.4 Å². The van der Waals surface area contributed by atoms with Crippen LogP contribution in [0.2, 0.25) is 0 Å². The fourth-order valence-electron chi connectivity index (χ4n) is 1.75. The number of benzene rings is 1. The average molecular weight is 307 g/mol. The van der Waals surface area contributed by atoms with Gasteiger partial charge in [0.15, 0.2) is 13.0 Å². The van der Waals surface area contributed by atoms with Crippen LogP contribution in [0.4, 0.5) is 5.69 Å². The molecule has 0 aliphatic rings. The summed E-state index contributed by atoms with van der Waals surface area (Å²) in [6, 6.07) is 7.56. The molecule has 7 heteroatoms. The zero-order valence-electron chi connectivity index (χ0n) is 12.1. The van der Waals surface area contributed by atoms with Gasteiger partial charge in [0.05, 0.1) is 10.5 Å². The molecule has 0 saturated carbocycles. The molecular formula is C14H17N3O3S. The molecule has 1 atom stereocenters. The summed E-state index contributed by atoms with van der Waals surface area (Å²) in [5.41, 5.74) is 1.86. The molecule has 112 valence electrons. The van der Waals surface area contributed by atoms with Gasteiger partial charge in [-0.05, 0) is 37.2 Å². The smallest absolute Gasteiger partial charge is 0.291 e. The zero-order valence-corrected chi connectivity index (χ0v) is 12.9. The number of nitrogens with one attached hydrogen (secondary N) is 1. The molecule has 21 heavy (non-hydrogen) atoms. The number of hydrogen-bond acceptors (Lipinski definition) is 5. The van der Waals surface area contributed by atoms with Gasteiger partial charge >= 0.3 is 0 Å². The van der Waals surface area contributed by atoms with E-state index in [-0.39, 0.29) is 11.2 Å². The van der Waals surface area contributed by atoms with Crippen molar-refractivity contribution in [2.75, 3.05) is 5.32 Å². The summed E-state index contributed by atoms with van der Waals surface area (Å²) in [5.74, 6) is -0.670. The molecule has 0 radical (unpaired) electrons. The molecule has 1 aromatic carbocycles. The van der Waals surface area contributed by atoms with Crippen molar-refractivity contribution >= 4 is 23.4 Å². The number of rotatable bonds is 5. The van der Waals surface area contributed by atoms with Gasteiger partial charge in [-0.25, -0.2) is 0 Å². The summed E-state index contributed by atoms with van der Waals surface area (Å²) >= 11 is 1.16. The highest BCUT2D eigenvalue weighted by molar-refractivity contribution is 8.00. The van der Waals surface area contributed by atoms with Crippen LogP contribution in [0.15, 0.2) is 33.8 Å². The van der Waals surface area contributed by atoms with Crippen molar-refractivity contribution in [1.82, 2.24) is 5.27 Å². The van der Waals surface area contributed by atoms with E-state index in [0.29, 0.717) is 11.4 Å². The number of anilines is 1. The summed E-state index contributed by atoms with van der Waals surface area (Å²) in [5, 5.41) is 17.8. The number of amides is 1. The van der Waals surface area contributed by atoms with Crippen molar-refractivity contribution in [3.63, 3.8) is 0 Å². The second kappa shape index (κ2) is 6.62. The van der Waals surface area contributed by atoms with Gasteiger partial charge in [-0.15, -0.1) is 0 Å². The first-order valence-corrected chi connectivity index (χ1v) is 7.46. The Morgan fingerprint density at radius 2 is 2.14 bits per heavy atom. The van der Waals surface area contributed by atoms with Gasteiger partial charge in [-0.3, -0.25) is 4.79 Å². The van der Waals surface area contributed by atoms with E-state index in [1.165, 1.54) is 4.68 Å². The van der Waals surface area contributed by atoms with Crippen LogP contribution in [0.5, 0.6) is 5.95 Å². The summed E-state index contributed by atoms with van der Waals surface area (Å²) in [6.45, 7) is 3.88. The van der Waals surface area contributed by atoms with E-state index in [9.17, 15) is 9.90 Å². The van der Waals surface area contributed by atoms with Crippen molar-refractivity contribution in [3.05, 3.63) is 29.8 Å². The van der Waals surface area contributed by atoms with Crippen LogP contribution in [-0.2, 0) is 11.8 Å². The van der Waals surface area contributed by atoms with E-state index < -0.39 is 5.95 Å². The average Bonchev–Trinajstić information content (AvgIpc) is 2.78. The summed E-state index contributed by atoms with van der Waals surface area (Å²) in [6.07, 6.45) is 0.590.